The highest BCUT2D eigenvalue weighted by Gasteiger charge is 1.99. The van der Waals surface area contributed by atoms with Crippen molar-refractivity contribution in [3.8, 4) is 0 Å². The molecule has 2 aromatic rings. The molecule has 0 aromatic heterocycles. The van der Waals surface area contributed by atoms with Gasteiger partial charge in [-0.15, -0.1) is 0 Å². The van der Waals surface area contributed by atoms with Crippen molar-refractivity contribution < 1.29 is 4.39 Å². The quantitative estimate of drug-likeness (QED) is 0.785. The third kappa shape index (κ3) is 4.60. The fraction of sp³-hybridized carbons (Fsp3) is 0.200. The number of hydrogen-bond acceptors (Lipinski definition) is 1. The van der Waals surface area contributed by atoms with Crippen molar-refractivity contribution in [1.29, 1.82) is 0 Å². The van der Waals surface area contributed by atoms with Crippen molar-refractivity contribution in [2.24, 2.45) is 0 Å². The molecule has 4 heteroatoms. The zero-order valence-electron chi connectivity index (χ0n) is 10.3. The Kier molecular flexibility index (Phi) is 5.37. The van der Waals surface area contributed by atoms with Crippen LogP contribution in [0, 0.1) is 5.82 Å². The van der Waals surface area contributed by atoms with E-state index < -0.39 is 0 Å². The highest BCUT2D eigenvalue weighted by atomic mass is 79.9. The van der Waals surface area contributed by atoms with E-state index in [2.05, 4.69) is 21.2 Å². The molecule has 0 aliphatic rings. The minimum absolute atomic E-state index is 0.183. The molecule has 0 saturated heterocycles. The molecule has 0 fully saturated rings. The van der Waals surface area contributed by atoms with Crippen molar-refractivity contribution >= 4 is 27.5 Å². The SMILES string of the molecule is Fc1cccc(CCNCc2ccc(Br)c(Cl)c2)c1. The zero-order chi connectivity index (χ0) is 13.7. The lowest BCUT2D eigenvalue weighted by Gasteiger charge is -2.06. The fourth-order valence-corrected chi connectivity index (χ4v) is 2.26. The van der Waals surface area contributed by atoms with E-state index in [4.69, 9.17) is 11.6 Å². The molecule has 0 amide bonds. The van der Waals surface area contributed by atoms with Gasteiger partial charge in [0.25, 0.3) is 0 Å². The van der Waals surface area contributed by atoms with Crippen molar-refractivity contribution in [2.75, 3.05) is 6.54 Å². The molecule has 0 bridgehead atoms. The normalized spacial score (nSPS) is 10.7. The molecule has 100 valence electrons. The van der Waals surface area contributed by atoms with Gasteiger partial charge in [0, 0.05) is 11.0 Å². The minimum Gasteiger partial charge on any atom is -0.312 e. The van der Waals surface area contributed by atoms with Crippen molar-refractivity contribution in [1.82, 2.24) is 5.32 Å². The molecular weight excluding hydrogens is 329 g/mol. The lowest BCUT2D eigenvalue weighted by atomic mass is 10.1. The molecule has 0 spiro atoms. The smallest absolute Gasteiger partial charge is 0.123 e. The molecule has 2 rings (SSSR count). The first-order chi connectivity index (χ1) is 9.15. The predicted molar refractivity (Wildman–Crippen MR) is 81.0 cm³/mol. The second-order valence-corrected chi connectivity index (χ2v) is 5.57. The van der Waals surface area contributed by atoms with Gasteiger partial charge in [-0.3, -0.25) is 0 Å². The lowest BCUT2D eigenvalue weighted by Crippen LogP contribution is -2.16. The van der Waals surface area contributed by atoms with Crippen LogP contribution in [0.1, 0.15) is 11.1 Å². The average molecular weight is 343 g/mol. The van der Waals surface area contributed by atoms with Crippen LogP contribution < -0.4 is 5.32 Å². The highest BCUT2D eigenvalue weighted by molar-refractivity contribution is 9.10. The summed E-state index contributed by atoms with van der Waals surface area (Å²) in [5.41, 5.74) is 2.13. The maximum Gasteiger partial charge on any atom is 0.123 e. The Labute approximate surface area is 125 Å². The Bertz CT molecular complexity index is 560. The van der Waals surface area contributed by atoms with Crippen LogP contribution >= 0.6 is 27.5 Å². The molecule has 1 N–H and O–H groups in total. The molecule has 19 heavy (non-hydrogen) atoms. The Balaban J connectivity index is 1.79. The van der Waals surface area contributed by atoms with E-state index in [1.165, 1.54) is 6.07 Å². The second-order valence-electron chi connectivity index (χ2n) is 4.31. The van der Waals surface area contributed by atoms with Crippen molar-refractivity contribution in [2.45, 2.75) is 13.0 Å². The molecule has 0 heterocycles. The van der Waals surface area contributed by atoms with Crippen LogP contribution in [0.15, 0.2) is 46.9 Å². The zero-order valence-corrected chi connectivity index (χ0v) is 12.6. The summed E-state index contributed by atoms with van der Waals surface area (Å²) >= 11 is 9.38. The summed E-state index contributed by atoms with van der Waals surface area (Å²) in [6, 6.07) is 12.6. The summed E-state index contributed by atoms with van der Waals surface area (Å²) in [7, 11) is 0. The van der Waals surface area contributed by atoms with E-state index in [0.29, 0.717) is 5.02 Å². The Morgan fingerprint density at radius 3 is 2.68 bits per heavy atom. The summed E-state index contributed by atoms with van der Waals surface area (Å²) in [6.45, 7) is 1.56. The lowest BCUT2D eigenvalue weighted by molar-refractivity contribution is 0.622. The van der Waals surface area contributed by atoms with Gasteiger partial charge in [0.15, 0.2) is 0 Å². The van der Waals surface area contributed by atoms with Crippen LogP contribution in [0.2, 0.25) is 5.02 Å². The number of rotatable bonds is 5. The fourth-order valence-electron chi connectivity index (χ4n) is 1.81. The maximum absolute atomic E-state index is 13.0. The van der Waals surface area contributed by atoms with E-state index in [1.807, 2.05) is 24.3 Å². The molecule has 0 atom stereocenters. The molecule has 0 saturated carbocycles. The van der Waals surface area contributed by atoms with Gasteiger partial charge in [0.05, 0.1) is 5.02 Å². The predicted octanol–water partition coefficient (Wildman–Crippen LogP) is 4.57. The van der Waals surface area contributed by atoms with Gasteiger partial charge >= 0.3 is 0 Å². The summed E-state index contributed by atoms with van der Waals surface area (Å²) in [5.74, 6) is -0.183. The first-order valence-corrected chi connectivity index (χ1v) is 7.21. The Morgan fingerprint density at radius 2 is 1.95 bits per heavy atom. The molecular formula is C15H14BrClFN. The van der Waals surface area contributed by atoms with Gasteiger partial charge in [-0.25, -0.2) is 4.39 Å². The summed E-state index contributed by atoms with van der Waals surface area (Å²) < 4.78 is 13.9. The minimum atomic E-state index is -0.183. The van der Waals surface area contributed by atoms with Crippen LogP contribution in [0.3, 0.4) is 0 Å². The molecule has 0 radical (unpaired) electrons. The molecule has 1 nitrogen and oxygen atoms in total. The van der Waals surface area contributed by atoms with Gasteiger partial charge in [0.2, 0.25) is 0 Å². The van der Waals surface area contributed by atoms with Crippen LogP contribution in [-0.4, -0.2) is 6.54 Å². The number of hydrogen-bond donors (Lipinski definition) is 1. The molecule has 0 aliphatic heterocycles. The number of benzene rings is 2. The topological polar surface area (TPSA) is 12.0 Å². The third-order valence-corrected chi connectivity index (χ3v) is 4.03. The summed E-state index contributed by atoms with van der Waals surface area (Å²) in [4.78, 5) is 0. The van der Waals surface area contributed by atoms with Gasteiger partial charge in [0.1, 0.15) is 5.82 Å². The van der Waals surface area contributed by atoms with Crippen LogP contribution in [0.5, 0.6) is 0 Å². The monoisotopic (exact) mass is 341 g/mol. The van der Waals surface area contributed by atoms with E-state index in [0.717, 1.165) is 35.1 Å². The third-order valence-electron chi connectivity index (χ3n) is 2.79. The van der Waals surface area contributed by atoms with Gasteiger partial charge < -0.3 is 5.32 Å². The molecule has 2 aromatic carbocycles. The first kappa shape index (κ1) is 14.5. The van der Waals surface area contributed by atoms with E-state index >= 15 is 0 Å². The van der Waals surface area contributed by atoms with E-state index in [9.17, 15) is 4.39 Å². The number of halogens is 3. The van der Waals surface area contributed by atoms with Crippen LogP contribution in [-0.2, 0) is 13.0 Å². The summed E-state index contributed by atoms with van der Waals surface area (Å²) in [6.07, 6.45) is 0.808. The largest absolute Gasteiger partial charge is 0.312 e. The van der Waals surface area contributed by atoms with Gasteiger partial charge in [-0.05, 0) is 64.3 Å². The molecule has 0 unspecified atom stereocenters. The Morgan fingerprint density at radius 1 is 1.11 bits per heavy atom. The van der Waals surface area contributed by atoms with Gasteiger partial charge in [-0.2, -0.15) is 0 Å². The van der Waals surface area contributed by atoms with E-state index in [-0.39, 0.29) is 5.82 Å². The molecule has 0 aliphatic carbocycles. The first-order valence-electron chi connectivity index (χ1n) is 6.04. The average Bonchev–Trinajstić information content (AvgIpc) is 2.39. The van der Waals surface area contributed by atoms with Crippen LogP contribution in [0.4, 0.5) is 4.39 Å². The summed E-state index contributed by atoms with van der Waals surface area (Å²) in [5, 5.41) is 4.03. The maximum atomic E-state index is 13.0. The van der Waals surface area contributed by atoms with Gasteiger partial charge in [-0.1, -0.05) is 29.8 Å². The Hall–Kier alpha value is -0.900. The van der Waals surface area contributed by atoms with Crippen molar-refractivity contribution in [3.63, 3.8) is 0 Å². The highest BCUT2D eigenvalue weighted by Crippen LogP contribution is 2.23. The standard InChI is InChI=1S/C15H14BrClFN/c16-14-5-4-12(9-15(14)17)10-19-7-6-11-2-1-3-13(18)8-11/h1-5,8-9,19H,6-7,10H2. The van der Waals surface area contributed by atoms with Crippen LogP contribution in [0.25, 0.3) is 0 Å². The van der Waals surface area contributed by atoms with E-state index in [1.54, 1.807) is 12.1 Å². The van der Waals surface area contributed by atoms with Crippen molar-refractivity contribution in [3.05, 3.63) is 68.9 Å². The second kappa shape index (κ2) is 7.04. The number of nitrogens with one attached hydrogen (secondary N) is 1.